The van der Waals surface area contributed by atoms with E-state index >= 15 is 0 Å². The van der Waals surface area contributed by atoms with Gasteiger partial charge in [0.05, 0.1) is 24.9 Å². The Bertz CT molecular complexity index is 801. The van der Waals surface area contributed by atoms with Crippen molar-refractivity contribution in [3.05, 3.63) is 60.5 Å². The van der Waals surface area contributed by atoms with Crippen molar-refractivity contribution in [3.8, 4) is 11.5 Å². The summed E-state index contributed by atoms with van der Waals surface area (Å²) < 4.78 is 26.3. The number of ether oxygens (including phenoxy) is 1. The molecule has 3 heterocycles. The summed E-state index contributed by atoms with van der Waals surface area (Å²) >= 11 is 0. The molecule has 6 nitrogen and oxygen atoms in total. The van der Waals surface area contributed by atoms with Crippen molar-refractivity contribution >= 4 is 0 Å². The van der Waals surface area contributed by atoms with Gasteiger partial charge in [-0.2, -0.15) is 5.10 Å². The summed E-state index contributed by atoms with van der Waals surface area (Å²) in [5.74, 6) is 0.239. The van der Waals surface area contributed by atoms with Crippen LogP contribution in [0.3, 0.4) is 0 Å². The summed E-state index contributed by atoms with van der Waals surface area (Å²) in [4.78, 5) is 6.81. The van der Waals surface area contributed by atoms with Crippen LogP contribution in [0, 0.1) is 5.82 Å². The minimum Gasteiger partial charge on any atom is -0.444 e. The lowest BCUT2D eigenvalue weighted by atomic mass is 10.2. The van der Waals surface area contributed by atoms with Gasteiger partial charge in [-0.1, -0.05) is 0 Å². The molecule has 0 spiro atoms. The Morgan fingerprint density at radius 2 is 2.12 bits per heavy atom. The topological polar surface area (TPSA) is 56.3 Å². The molecule has 0 unspecified atom stereocenters. The van der Waals surface area contributed by atoms with Crippen LogP contribution in [0.5, 0.6) is 0 Å². The molecule has 1 aromatic carbocycles. The number of benzene rings is 1. The third kappa shape index (κ3) is 3.94. The molecule has 130 valence electrons. The van der Waals surface area contributed by atoms with Crippen LogP contribution in [0.2, 0.25) is 0 Å². The van der Waals surface area contributed by atoms with Gasteiger partial charge in [-0.15, -0.1) is 0 Å². The number of hydrogen-bond acceptors (Lipinski definition) is 5. The van der Waals surface area contributed by atoms with Crippen LogP contribution in [0.25, 0.3) is 11.5 Å². The summed E-state index contributed by atoms with van der Waals surface area (Å²) in [7, 11) is 0. The Morgan fingerprint density at radius 1 is 1.24 bits per heavy atom. The van der Waals surface area contributed by atoms with Gasteiger partial charge < -0.3 is 9.15 Å². The molecule has 0 N–H and O–H groups in total. The summed E-state index contributed by atoms with van der Waals surface area (Å²) in [5, 5.41) is 4.23. The van der Waals surface area contributed by atoms with Crippen molar-refractivity contribution in [2.45, 2.75) is 19.2 Å². The number of hydrogen-bond donors (Lipinski definition) is 0. The standard InChI is InChI=1S/C18H19FN4O2/c19-15-4-2-14(3-5-15)18-21-16(13-25-18)10-22-8-9-24-17(11-22)12-23-7-1-6-20-23/h1-7,13,17H,8-12H2/t17-/m1/s1. The first-order valence-electron chi connectivity index (χ1n) is 8.28. The van der Waals surface area contributed by atoms with E-state index in [-0.39, 0.29) is 11.9 Å². The molecular formula is C18H19FN4O2. The number of oxazole rings is 1. The van der Waals surface area contributed by atoms with Gasteiger partial charge in [0.15, 0.2) is 0 Å². The number of morpholine rings is 1. The summed E-state index contributed by atoms with van der Waals surface area (Å²) in [5.41, 5.74) is 1.63. The van der Waals surface area contributed by atoms with Crippen molar-refractivity contribution in [1.29, 1.82) is 0 Å². The second-order valence-corrected chi connectivity index (χ2v) is 6.11. The summed E-state index contributed by atoms with van der Waals surface area (Å²) in [6.07, 6.45) is 5.48. The maximum absolute atomic E-state index is 13.0. The quantitative estimate of drug-likeness (QED) is 0.713. The fourth-order valence-corrected chi connectivity index (χ4v) is 2.99. The zero-order valence-electron chi connectivity index (χ0n) is 13.7. The van der Waals surface area contributed by atoms with Crippen LogP contribution >= 0.6 is 0 Å². The second kappa shape index (κ2) is 7.16. The Kier molecular flexibility index (Phi) is 4.58. The number of nitrogens with zero attached hydrogens (tertiary/aromatic N) is 4. The van der Waals surface area contributed by atoms with E-state index in [1.807, 2.05) is 16.9 Å². The fourth-order valence-electron chi connectivity index (χ4n) is 2.99. The molecule has 1 aliphatic heterocycles. The first-order valence-corrected chi connectivity index (χ1v) is 8.28. The van der Waals surface area contributed by atoms with Gasteiger partial charge in [0.25, 0.3) is 0 Å². The highest BCUT2D eigenvalue weighted by Crippen LogP contribution is 2.20. The van der Waals surface area contributed by atoms with E-state index in [0.29, 0.717) is 19.0 Å². The lowest BCUT2D eigenvalue weighted by Gasteiger charge is -2.32. The smallest absolute Gasteiger partial charge is 0.226 e. The molecule has 0 aliphatic carbocycles. The Hall–Kier alpha value is -2.51. The van der Waals surface area contributed by atoms with E-state index in [4.69, 9.17) is 9.15 Å². The molecule has 1 saturated heterocycles. The Morgan fingerprint density at radius 3 is 2.92 bits per heavy atom. The largest absolute Gasteiger partial charge is 0.444 e. The summed E-state index contributed by atoms with van der Waals surface area (Å²) in [6.45, 7) is 3.80. The van der Waals surface area contributed by atoms with E-state index in [9.17, 15) is 4.39 Å². The van der Waals surface area contributed by atoms with Gasteiger partial charge in [0.1, 0.15) is 12.1 Å². The normalized spacial score (nSPS) is 18.5. The van der Waals surface area contributed by atoms with Crippen molar-refractivity contribution in [2.75, 3.05) is 19.7 Å². The first-order chi connectivity index (χ1) is 12.3. The fraction of sp³-hybridized carbons (Fsp3) is 0.333. The molecule has 25 heavy (non-hydrogen) atoms. The molecule has 1 fully saturated rings. The second-order valence-electron chi connectivity index (χ2n) is 6.11. The van der Waals surface area contributed by atoms with Crippen molar-refractivity contribution in [2.24, 2.45) is 0 Å². The molecular weight excluding hydrogens is 323 g/mol. The first kappa shape index (κ1) is 16.0. The molecule has 3 aromatic rings. The van der Waals surface area contributed by atoms with Crippen LogP contribution in [0.1, 0.15) is 5.69 Å². The zero-order valence-corrected chi connectivity index (χ0v) is 13.7. The van der Waals surface area contributed by atoms with Crippen molar-refractivity contribution in [1.82, 2.24) is 19.7 Å². The maximum Gasteiger partial charge on any atom is 0.226 e. The third-order valence-corrected chi connectivity index (χ3v) is 4.20. The van der Waals surface area contributed by atoms with E-state index in [0.717, 1.165) is 30.9 Å². The van der Waals surface area contributed by atoms with Gasteiger partial charge in [0.2, 0.25) is 5.89 Å². The lowest BCUT2D eigenvalue weighted by Crippen LogP contribution is -2.43. The maximum atomic E-state index is 13.0. The van der Waals surface area contributed by atoms with Crippen molar-refractivity contribution < 1.29 is 13.5 Å². The molecule has 1 atom stereocenters. The molecule has 4 rings (SSSR count). The molecule has 0 amide bonds. The van der Waals surface area contributed by atoms with Gasteiger partial charge in [-0.25, -0.2) is 9.37 Å². The van der Waals surface area contributed by atoms with Gasteiger partial charge in [0, 0.05) is 37.6 Å². The lowest BCUT2D eigenvalue weighted by molar-refractivity contribution is -0.0405. The summed E-state index contributed by atoms with van der Waals surface area (Å²) in [6, 6.07) is 8.05. The predicted octanol–water partition coefficient (Wildman–Crippen LogP) is 2.58. The predicted molar refractivity (Wildman–Crippen MR) is 89.1 cm³/mol. The van der Waals surface area contributed by atoms with Crippen LogP contribution in [0.4, 0.5) is 4.39 Å². The number of aromatic nitrogens is 3. The van der Waals surface area contributed by atoms with Gasteiger partial charge in [-0.05, 0) is 30.3 Å². The minimum atomic E-state index is -0.271. The highest BCUT2D eigenvalue weighted by Gasteiger charge is 2.22. The van der Waals surface area contributed by atoms with Crippen LogP contribution in [0.15, 0.2) is 53.4 Å². The Balaban J connectivity index is 1.37. The SMILES string of the molecule is Fc1ccc(-c2nc(CN3CCO[C@@H](Cn4cccn4)C3)co2)cc1. The monoisotopic (exact) mass is 342 g/mol. The molecule has 0 radical (unpaired) electrons. The number of rotatable bonds is 5. The zero-order chi connectivity index (χ0) is 17.1. The van der Waals surface area contributed by atoms with Gasteiger partial charge >= 0.3 is 0 Å². The number of halogens is 1. The van der Waals surface area contributed by atoms with E-state index in [1.165, 1.54) is 12.1 Å². The highest BCUT2D eigenvalue weighted by molar-refractivity contribution is 5.52. The van der Waals surface area contributed by atoms with E-state index < -0.39 is 0 Å². The van der Waals surface area contributed by atoms with E-state index in [1.54, 1.807) is 24.6 Å². The average Bonchev–Trinajstić information content (AvgIpc) is 3.28. The van der Waals surface area contributed by atoms with Gasteiger partial charge in [-0.3, -0.25) is 9.58 Å². The van der Waals surface area contributed by atoms with Crippen molar-refractivity contribution in [3.63, 3.8) is 0 Å². The molecule has 0 saturated carbocycles. The van der Waals surface area contributed by atoms with Crippen LogP contribution in [-0.2, 0) is 17.8 Å². The van der Waals surface area contributed by atoms with E-state index in [2.05, 4.69) is 15.0 Å². The minimum absolute atomic E-state index is 0.108. The average molecular weight is 342 g/mol. The third-order valence-electron chi connectivity index (χ3n) is 4.20. The highest BCUT2D eigenvalue weighted by atomic mass is 19.1. The molecule has 1 aliphatic rings. The molecule has 2 aromatic heterocycles. The Labute approximate surface area is 144 Å². The van der Waals surface area contributed by atoms with Crippen LogP contribution in [-0.4, -0.2) is 45.5 Å². The molecule has 7 heteroatoms. The molecule has 0 bridgehead atoms. The van der Waals surface area contributed by atoms with Crippen LogP contribution < -0.4 is 0 Å².